The second-order valence-corrected chi connectivity index (χ2v) is 9.87. The maximum atomic E-state index is 5.73. The van der Waals surface area contributed by atoms with Crippen molar-refractivity contribution in [2.75, 3.05) is 7.11 Å². The van der Waals surface area contributed by atoms with Crippen LogP contribution in [0, 0.1) is 18.8 Å². The third-order valence-corrected chi connectivity index (χ3v) is 6.30. The van der Waals surface area contributed by atoms with Gasteiger partial charge in [-0.1, -0.05) is 82.3 Å². The van der Waals surface area contributed by atoms with Crippen LogP contribution in [0.1, 0.15) is 57.2 Å². The summed E-state index contributed by atoms with van der Waals surface area (Å²) in [7, 11) is 1.76. The molecular formula is C30H38O. The Hall–Kier alpha value is -2.54. The average molecular weight is 415 g/mol. The van der Waals surface area contributed by atoms with Crippen molar-refractivity contribution < 1.29 is 4.74 Å². The highest BCUT2D eigenvalue weighted by Crippen LogP contribution is 2.47. The lowest BCUT2D eigenvalue weighted by Crippen LogP contribution is -2.32. The summed E-state index contributed by atoms with van der Waals surface area (Å²) < 4.78 is 5.73. The van der Waals surface area contributed by atoms with Crippen molar-refractivity contribution in [2.45, 2.75) is 59.3 Å². The molecule has 0 heterocycles. The van der Waals surface area contributed by atoms with Gasteiger partial charge in [0.1, 0.15) is 5.75 Å². The van der Waals surface area contributed by atoms with E-state index >= 15 is 0 Å². The van der Waals surface area contributed by atoms with Gasteiger partial charge in [-0.25, -0.2) is 0 Å². The van der Waals surface area contributed by atoms with Crippen LogP contribution in [-0.4, -0.2) is 7.11 Å². The Labute approximate surface area is 189 Å². The van der Waals surface area contributed by atoms with Crippen LogP contribution in [0.15, 0.2) is 72.9 Å². The van der Waals surface area contributed by atoms with Gasteiger partial charge in [0.05, 0.1) is 7.11 Å². The Morgan fingerprint density at radius 3 is 2.32 bits per heavy atom. The van der Waals surface area contributed by atoms with Crippen molar-refractivity contribution in [3.63, 3.8) is 0 Å². The molecule has 0 bridgehead atoms. The zero-order valence-corrected chi connectivity index (χ0v) is 20.2. The minimum atomic E-state index is -0.0761. The standard InChI is InChI=1S/C30H38O/c1-21(2)19-30(20-22(3)4)24(6)11-9-8-10-12-25-14-15-26(18-28(25)30)27-17-23(5)13-16-29(27)31-7/h8-11,13-18,21-22H,6,12,19-20H2,1-5,7H3/b10-8-,11-9-. The van der Waals surface area contributed by atoms with Crippen LogP contribution in [-0.2, 0) is 11.8 Å². The molecule has 2 aromatic rings. The van der Waals surface area contributed by atoms with Gasteiger partial charge in [0.15, 0.2) is 0 Å². The maximum absolute atomic E-state index is 5.73. The summed E-state index contributed by atoms with van der Waals surface area (Å²) in [5.41, 5.74) is 7.59. The van der Waals surface area contributed by atoms with Crippen molar-refractivity contribution in [1.29, 1.82) is 0 Å². The Bertz CT molecular complexity index is 977. The first kappa shape index (κ1) is 23.1. The minimum absolute atomic E-state index is 0.0761. The van der Waals surface area contributed by atoms with E-state index in [1.807, 2.05) is 0 Å². The van der Waals surface area contributed by atoms with Gasteiger partial charge >= 0.3 is 0 Å². The Kier molecular flexibility index (Phi) is 7.26. The van der Waals surface area contributed by atoms with E-state index in [1.165, 1.54) is 27.8 Å². The Morgan fingerprint density at radius 2 is 1.68 bits per heavy atom. The van der Waals surface area contributed by atoms with E-state index in [9.17, 15) is 0 Å². The molecule has 164 valence electrons. The van der Waals surface area contributed by atoms with Gasteiger partial charge in [-0.2, -0.15) is 0 Å². The van der Waals surface area contributed by atoms with Gasteiger partial charge in [0, 0.05) is 11.0 Å². The number of ether oxygens (including phenoxy) is 1. The molecule has 0 fully saturated rings. The van der Waals surface area contributed by atoms with Crippen LogP contribution in [0.4, 0.5) is 0 Å². The van der Waals surface area contributed by atoms with Gasteiger partial charge in [-0.05, 0) is 78.5 Å². The lowest BCUT2D eigenvalue weighted by molar-refractivity contribution is 0.329. The van der Waals surface area contributed by atoms with Gasteiger partial charge in [0.25, 0.3) is 0 Å². The van der Waals surface area contributed by atoms with Crippen LogP contribution >= 0.6 is 0 Å². The van der Waals surface area contributed by atoms with Crippen LogP contribution in [0.3, 0.4) is 0 Å². The van der Waals surface area contributed by atoms with E-state index in [1.54, 1.807) is 7.11 Å². The predicted octanol–water partition coefficient (Wildman–Crippen LogP) is 8.23. The van der Waals surface area contributed by atoms with E-state index in [-0.39, 0.29) is 5.41 Å². The first-order chi connectivity index (χ1) is 14.8. The number of benzene rings is 2. The van der Waals surface area contributed by atoms with Gasteiger partial charge in [-0.15, -0.1) is 0 Å². The Balaban J connectivity index is 2.31. The van der Waals surface area contributed by atoms with Gasteiger partial charge in [0.2, 0.25) is 0 Å². The number of allylic oxidation sites excluding steroid dienone is 5. The molecule has 3 rings (SSSR count). The van der Waals surface area contributed by atoms with E-state index in [4.69, 9.17) is 4.74 Å². The lowest BCUT2D eigenvalue weighted by atomic mass is 9.63. The molecule has 31 heavy (non-hydrogen) atoms. The summed E-state index contributed by atoms with van der Waals surface area (Å²) in [6.07, 6.45) is 11.9. The molecule has 1 aliphatic rings. The van der Waals surface area contributed by atoms with Crippen LogP contribution < -0.4 is 4.74 Å². The molecule has 0 saturated carbocycles. The molecular weight excluding hydrogens is 376 g/mol. The molecule has 0 aliphatic heterocycles. The Morgan fingerprint density at radius 1 is 0.968 bits per heavy atom. The fourth-order valence-electron chi connectivity index (χ4n) is 5.15. The van der Waals surface area contributed by atoms with Crippen LogP contribution in [0.2, 0.25) is 0 Å². The molecule has 0 atom stereocenters. The van der Waals surface area contributed by atoms with E-state index in [0.717, 1.165) is 30.6 Å². The highest BCUT2D eigenvalue weighted by molar-refractivity contribution is 5.73. The average Bonchev–Trinajstić information content (AvgIpc) is 2.77. The molecule has 0 spiro atoms. The molecule has 0 amide bonds. The zero-order valence-electron chi connectivity index (χ0n) is 20.2. The predicted molar refractivity (Wildman–Crippen MR) is 135 cm³/mol. The molecule has 1 aliphatic carbocycles. The number of rotatable bonds is 6. The van der Waals surface area contributed by atoms with Crippen LogP contribution in [0.5, 0.6) is 5.75 Å². The highest BCUT2D eigenvalue weighted by Gasteiger charge is 2.37. The zero-order chi connectivity index (χ0) is 22.6. The van der Waals surface area contributed by atoms with Gasteiger partial charge < -0.3 is 4.74 Å². The maximum Gasteiger partial charge on any atom is 0.126 e. The number of hydrogen-bond donors (Lipinski definition) is 0. The fraction of sp³-hybridized carbons (Fsp3) is 0.400. The second-order valence-electron chi connectivity index (χ2n) is 9.87. The summed E-state index contributed by atoms with van der Waals surface area (Å²) in [5.74, 6) is 2.07. The van der Waals surface area contributed by atoms with E-state index in [0.29, 0.717) is 11.8 Å². The summed E-state index contributed by atoms with van der Waals surface area (Å²) in [4.78, 5) is 0. The first-order valence-corrected chi connectivity index (χ1v) is 11.6. The quantitative estimate of drug-likeness (QED) is 0.462. The number of hydrogen-bond acceptors (Lipinski definition) is 1. The summed E-state index contributed by atoms with van der Waals surface area (Å²) in [6.45, 7) is 16.1. The van der Waals surface area contributed by atoms with Gasteiger partial charge in [-0.3, -0.25) is 0 Å². The van der Waals surface area contributed by atoms with E-state index in [2.05, 4.69) is 102 Å². The monoisotopic (exact) mass is 414 g/mol. The third-order valence-electron chi connectivity index (χ3n) is 6.30. The normalized spacial score (nSPS) is 17.6. The number of aryl methyl sites for hydroxylation is 1. The first-order valence-electron chi connectivity index (χ1n) is 11.6. The molecule has 0 aromatic heterocycles. The topological polar surface area (TPSA) is 9.23 Å². The molecule has 0 radical (unpaired) electrons. The minimum Gasteiger partial charge on any atom is -0.496 e. The molecule has 0 unspecified atom stereocenters. The van der Waals surface area contributed by atoms with Crippen molar-refractivity contribution >= 4 is 0 Å². The summed E-state index contributed by atoms with van der Waals surface area (Å²) in [5, 5.41) is 0. The fourth-order valence-corrected chi connectivity index (χ4v) is 5.15. The molecule has 1 heteroatoms. The van der Waals surface area contributed by atoms with Crippen molar-refractivity contribution in [1.82, 2.24) is 0 Å². The largest absolute Gasteiger partial charge is 0.496 e. The SMILES string of the molecule is C=C1/C=C\C=C/Cc2ccc(-c3cc(C)ccc3OC)cc2C1(CC(C)C)CC(C)C. The second kappa shape index (κ2) is 9.73. The van der Waals surface area contributed by atoms with Crippen molar-refractivity contribution in [3.05, 3.63) is 89.5 Å². The summed E-state index contributed by atoms with van der Waals surface area (Å²) >= 11 is 0. The van der Waals surface area contributed by atoms with Crippen LogP contribution in [0.25, 0.3) is 11.1 Å². The number of methoxy groups -OCH3 is 1. The molecule has 0 N–H and O–H groups in total. The third kappa shape index (κ3) is 5.03. The van der Waals surface area contributed by atoms with Crippen molar-refractivity contribution in [3.8, 4) is 16.9 Å². The van der Waals surface area contributed by atoms with Crippen molar-refractivity contribution in [2.24, 2.45) is 11.8 Å². The van der Waals surface area contributed by atoms with E-state index < -0.39 is 0 Å². The highest BCUT2D eigenvalue weighted by atomic mass is 16.5. The lowest BCUT2D eigenvalue weighted by Gasteiger charge is -2.40. The number of fused-ring (bicyclic) bond motifs is 1. The molecule has 2 aromatic carbocycles. The molecule has 0 saturated heterocycles. The molecule has 1 nitrogen and oxygen atoms in total. The smallest absolute Gasteiger partial charge is 0.126 e. The summed E-state index contributed by atoms with van der Waals surface area (Å²) in [6, 6.07) is 13.4.